The van der Waals surface area contributed by atoms with Crippen LogP contribution < -0.4 is 5.32 Å². The number of aliphatic hydroxyl groups is 1. The number of rotatable bonds is 8. The van der Waals surface area contributed by atoms with Gasteiger partial charge in [0.25, 0.3) is 0 Å². The largest absolute Gasteiger partial charge is 0.394 e. The first-order chi connectivity index (χ1) is 8.65. The van der Waals surface area contributed by atoms with E-state index in [4.69, 9.17) is 0 Å². The molecule has 0 saturated carbocycles. The summed E-state index contributed by atoms with van der Waals surface area (Å²) in [5, 5.41) is 13.1. The lowest BCUT2D eigenvalue weighted by atomic mass is 9.95. The number of nitrogens with zero attached hydrogens (tertiary/aromatic N) is 1. The summed E-state index contributed by atoms with van der Waals surface area (Å²) < 4.78 is 0. The van der Waals surface area contributed by atoms with E-state index in [1.54, 1.807) is 0 Å². The second-order valence-electron chi connectivity index (χ2n) is 5.99. The maximum absolute atomic E-state index is 9.58. The average molecular weight is 256 g/mol. The molecular weight excluding hydrogens is 224 g/mol. The summed E-state index contributed by atoms with van der Waals surface area (Å²) in [6.07, 6.45) is 7.51. The molecule has 1 rings (SSSR count). The smallest absolute Gasteiger partial charge is 0.0611 e. The van der Waals surface area contributed by atoms with Crippen molar-refractivity contribution in [3.05, 3.63) is 0 Å². The minimum atomic E-state index is -0.105. The zero-order valence-electron chi connectivity index (χ0n) is 12.5. The zero-order valence-corrected chi connectivity index (χ0v) is 12.5. The fourth-order valence-corrected chi connectivity index (χ4v) is 2.86. The molecule has 0 aromatic heterocycles. The van der Waals surface area contributed by atoms with Gasteiger partial charge in [0.15, 0.2) is 0 Å². The lowest BCUT2D eigenvalue weighted by molar-refractivity contribution is 0.105. The number of aliphatic hydroxyl groups excluding tert-OH is 1. The molecule has 108 valence electrons. The summed E-state index contributed by atoms with van der Waals surface area (Å²) in [5.74, 6) is 0. The molecule has 3 heteroatoms. The van der Waals surface area contributed by atoms with Gasteiger partial charge in [-0.15, -0.1) is 0 Å². The van der Waals surface area contributed by atoms with Crippen LogP contribution in [0.15, 0.2) is 0 Å². The van der Waals surface area contributed by atoms with E-state index in [0.717, 1.165) is 32.0 Å². The topological polar surface area (TPSA) is 35.5 Å². The Morgan fingerprint density at radius 1 is 1.33 bits per heavy atom. The van der Waals surface area contributed by atoms with Gasteiger partial charge in [-0.05, 0) is 52.1 Å². The molecule has 0 spiro atoms. The third-order valence-electron chi connectivity index (χ3n) is 4.32. The van der Waals surface area contributed by atoms with Gasteiger partial charge in [-0.3, -0.25) is 0 Å². The van der Waals surface area contributed by atoms with Crippen molar-refractivity contribution in [2.45, 2.75) is 70.9 Å². The molecule has 2 atom stereocenters. The Balaban J connectivity index is 2.40. The molecular formula is C15H32N2O. The van der Waals surface area contributed by atoms with E-state index in [2.05, 4.69) is 31.0 Å². The Morgan fingerprint density at radius 3 is 2.72 bits per heavy atom. The van der Waals surface area contributed by atoms with E-state index in [1.807, 2.05) is 0 Å². The van der Waals surface area contributed by atoms with E-state index in [1.165, 1.54) is 32.2 Å². The maximum atomic E-state index is 9.58. The number of likely N-dealkylation sites (tertiary alicyclic amines) is 1. The minimum absolute atomic E-state index is 0.105. The highest BCUT2D eigenvalue weighted by Crippen LogP contribution is 2.21. The van der Waals surface area contributed by atoms with E-state index in [-0.39, 0.29) is 12.1 Å². The monoisotopic (exact) mass is 256 g/mol. The summed E-state index contributed by atoms with van der Waals surface area (Å²) >= 11 is 0. The van der Waals surface area contributed by atoms with Crippen molar-refractivity contribution in [3.63, 3.8) is 0 Å². The first kappa shape index (κ1) is 15.9. The Labute approximate surface area is 113 Å². The highest BCUT2D eigenvalue weighted by atomic mass is 16.3. The number of piperidine rings is 1. The number of hydrogen-bond acceptors (Lipinski definition) is 3. The van der Waals surface area contributed by atoms with Crippen molar-refractivity contribution in [1.29, 1.82) is 0 Å². The number of hydrogen-bond donors (Lipinski definition) is 2. The maximum Gasteiger partial charge on any atom is 0.0611 e. The van der Waals surface area contributed by atoms with E-state index in [9.17, 15) is 5.11 Å². The van der Waals surface area contributed by atoms with Crippen molar-refractivity contribution >= 4 is 0 Å². The van der Waals surface area contributed by atoms with Crippen LogP contribution in [0.25, 0.3) is 0 Å². The normalized spacial score (nSPS) is 25.0. The van der Waals surface area contributed by atoms with Gasteiger partial charge in [-0.25, -0.2) is 0 Å². The Morgan fingerprint density at radius 2 is 2.11 bits per heavy atom. The van der Waals surface area contributed by atoms with Gasteiger partial charge in [0.05, 0.1) is 6.61 Å². The molecule has 2 N–H and O–H groups in total. The van der Waals surface area contributed by atoms with Crippen LogP contribution in [-0.4, -0.2) is 47.8 Å². The summed E-state index contributed by atoms with van der Waals surface area (Å²) in [5.41, 5.74) is -0.105. The quantitative estimate of drug-likeness (QED) is 0.700. The third-order valence-corrected chi connectivity index (χ3v) is 4.32. The lowest BCUT2D eigenvalue weighted by Crippen LogP contribution is -2.50. The van der Waals surface area contributed by atoms with Gasteiger partial charge >= 0.3 is 0 Å². The molecule has 0 bridgehead atoms. The SMILES string of the molecule is CCCNC(C)(CO)CCN1CCCCC1CC. The van der Waals surface area contributed by atoms with Crippen LogP contribution in [0.4, 0.5) is 0 Å². The van der Waals surface area contributed by atoms with Gasteiger partial charge in [-0.1, -0.05) is 20.3 Å². The first-order valence-electron chi connectivity index (χ1n) is 7.75. The van der Waals surface area contributed by atoms with E-state index >= 15 is 0 Å². The third kappa shape index (κ3) is 4.87. The summed E-state index contributed by atoms with van der Waals surface area (Å²) in [6.45, 7) is 10.2. The molecule has 0 aromatic rings. The fourth-order valence-electron chi connectivity index (χ4n) is 2.86. The molecule has 3 nitrogen and oxygen atoms in total. The van der Waals surface area contributed by atoms with Crippen molar-refractivity contribution in [2.75, 3.05) is 26.2 Å². The second-order valence-corrected chi connectivity index (χ2v) is 5.99. The van der Waals surface area contributed by atoms with Crippen LogP contribution in [0.2, 0.25) is 0 Å². The van der Waals surface area contributed by atoms with Gasteiger partial charge in [0, 0.05) is 18.1 Å². The first-order valence-corrected chi connectivity index (χ1v) is 7.75. The Kier molecular flexibility index (Phi) is 7.20. The Bertz CT molecular complexity index is 223. The van der Waals surface area contributed by atoms with Crippen LogP contribution in [0, 0.1) is 0 Å². The van der Waals surface area contributed by atoms with Crippen molar-refractivity contribution in [2.24, 2.45) is 0 Å². The molecule has 0 amide bonds. The standard InChI is InChI=1S/C15H32N2O/c1-4-10-16-15(3,13-18)9-12-17-11-7-6-8-14(17)5-2/h14,16,18H,4-13H2,1-3H3. The lowest BCUT2D eigenvalue weighted by Gasteiger charge is -2.38. The number of nitrogens with one attached hydrogen (secondary N) is 1. The summed E-state index contributed by atoms with van der Waals surface area (Å²) in [4.78, 5) is 2.63. The molecule has 1 aliphatic rings. The van der Waals surface area contributed by atoms with Gasteiger partial charge in [-0.2, -0.15) is 0 Å². The minimum Gasteiger partial charge on any atom is -0.394 e. The van der Waals surface area contributed by atoms with Crippen LogP contribution >= 0.6 is 0 Å². The molecule has 1 aliphatic heterocycles. The molecule has 0 aromatic carbocycles. The van der Waals surface area contributed by atoms with Crippen molar-refractivity contribution in [1.82, 2.24) is 10.2 Å². The van der Waals surface area contributed by atoms with Crippen LogP contribution in [0.1, 0.15) is 59.3 Å². The highest BCUT2D eigenvalue weighted by Gasteiger charge is 2.26. The predicted octanol–water partition coefficient (Wildman–Crippen LogP) is 2.39. The highest BCUT2D eigenvalue weighted by molar-refractivity contribution is 4.85. The molecule has 1 saturated heterocycles. The van der Waals surface area contributed by atoms with E-state index < -0.39 is 0 Å². The van der Waals surface area contributed by atoms with Crippen LogP contribution in [0.3, 0.4) is 0 Å². The molecule has 1 heterocycles. The predicted molar refractivity (Wildman–Crippen MR) is 77.9 cm³/mol. The average Bonchev–Trinajstić information content (AvgIpc) is 2.43. The van der Waals surface area contributed by atoms with Crippen LogP contribution in [-0.2, 0) is 0 Å². The molecule has 2 unspecified atom stereocenters. The molecule has 0 radical (unpaired) electrons. The van der Waals surface area contributed by atoms with Crippen molar-refractivity contribution in [3.8, 4) is 0 Å². The second kappa shape index (κ2) is 8.13. The molecule has 18 heavy (non-hydrogen) atoms. The fraction of sp³-hybridized carbons (Fsp3) is 1.00. The zero-order chi connectivity index (χ0) is 13.4. The summed E-state index contributed by atoms with van der Waals surface area (Å²) in [6, 6.07) is 0.771. The summed E-state index contributed by atoms with van der Waals surface area (Å²) in [7, 11) is 0. The van der Waals surface area contributed by atoms with Gasteiger partial charge in [0.2, 0.25) is 0 Å². The van der Waals surface area contributed by atoms with Gasteiger partial charge in [0.1, 0.15) is 0 Å². The molecule has 1 fully saturated rings. The van der Waals surface area contributed by atoms with E-state index in [0.29, 0.717) is 0 Å². The van der Waals surface area contributed by atoms with Gasteiger partial charge < -0.3 is 15.3 Å². The van der Waals surface area contributed by atoms with Crippen LogP contribution in [0.5, 0.6) is 0 Å². The van der Waals surface area contributed by atoms with Crippen molar-refractivity contribution < 1.29 is 5.11 Å². The molecule has 0 aliphatic carbocycles. The Hall–Kier alpha value is -0.120.